The van der Waals surface area contributed by atoms with Gasteiger partial charge in [0, 0.05) is 12.5 Å². The number of aromatic carboxylic acids is 1. The van der Waals surface area contributed by atoms with E-state index in [0.29, 0.717) is 5.56 Å². The maximum Gasteiger partial charge on any atom is 0.335 e. The normalized spacial score (nSPS) is 23.1. The summed E-state index contributed by atoms with van der Waals surface area (Å²) in [6.45, 7) is 2.74. The molecule has 1 fully saturated rings. The van der Waals surface area contributed by atoms with Gasteiger partial charge in [0.05, 0.1) is 21.9 Å². The number of hydrogen-bond acceptors (Lipinski definition) is 4. The number of aromatic nitrogens is 1. The molecule has 6 heteroatoms. The number of rotatable bonds is 2. The quantitative estimate of drug-likeness (QED) is 0.905. The molecule has 1 saturated heterocycles. The lowest BCUT2D eigenvalue weighted by Crippen LogP contribution is -2.11. The van der Waals surface area contributed by atoms with Gasteiger partial charge in [-0.05, 0) is 47.0 Å². The average Bonchev–Trinajstić information content (AvgIpc) is 2.92. The van der Waals surface area contributed by atoms with Crippen molar-refractivity contribution in [3.63, 3.8) is 0 Å². The van der Waals surface area contributed by atoms with Crippen molar-refractivity contribution < 1.29 is 14.6 Å². The molecule has 2 atom stereocenters. The Labute approximate surface area is 122 Å². The summed E-state index contributed by atoms with van der Waals surface area (Å²) in [5.41, 5.74) is 2.20. The summed E-state index contributed by atoms with van der Waals surface area (Å²) in [7, 11) is 0. The van der Waals surface area contributed by atoms with Crippen LogP contribution in [0, 0.1) is 0 Å². The Morgan fingerprint density at radius 3 is 3.00 bits per heavy atom. The van der Waals surface area contributed by atoms with Crippen LogP contribution in [0.4, 0.5) is 0 Å². The van der Waals surface area contributed by atoms with Gasteiger partial charge in [-0.2, -0.15) is 0 Å². The van der Waals surface area contributed by atoms with Crippen LogP contribution < -0.4 is 0 Å². The van der Waals surface area contributed by atoms with E-state index in [9.17, 15) is 9.90 Å². The van der Waals surface area contributed by atoms with Gasteiger partial charge >= 0.3 is 5.97 Å². The molecule has 4 nitrogen and oxygen atoms in total. The number of hydrogen-bond donors (Lipinski definition) is 1. The highest BCUT2D eigenvalue weighted by Gasteiger charge is 2.29. The van der Waals surface area contributed by atoms with E-state index in [2.05, 4.69) is 20.9 Å². The Balaban J connectivity index is 2.22. The summed E-state index contributed by atoms with van der Waals surface area (Å²) in [6, 6.07) is 3.43. The van der Waals surface area contributed by atoms with Gasteiger partial charge in [-0.3, -0.25) is 0 Å². The molecule has 0 radical (unpaired) electrons. The summed E-state index contributed by atoms with van der Waals surface area (Å²) < 4.78 is 7.27. The molecule has 0 amide bonds. The lowest BCUT2D eigenvalue weighted by molar-refractivity contribution is 0.0696. The molecule has 1 N–H and O–H groups in total. The topological polar surface area (TPSA) is 59.4 Å². The van der Waals surface area contributed by atoms with Crippen molar-refractivity contribution in [2.75, 3.05) is 6.61 Å². The fraction of sp³-hybridized carbons (Fsp3) is 0.385. The molecule has 1 unspecified atom stereocenters. The Morgan fingerprint density at radius 2 is 2.37 bits per heavy atom. The van der Waals surface area contributed by atoms with Gasteiger partial charge in [0.25, 0.3) is 0 Å². The maximum absolute atomic E-state index is 11.2. The Morgan fingerprint density at radius 1 is 1.58 bits per heavy atom. The van der Waals surface area contributed by atoms with Crippen molar-refractivity contribution in [3.05, 3.63) is 27.2 Å². The van der Waals surface area contributed by atoms with E-state index in [0.717, 1.165) is 32.7 Å². The molecule has 0 bridgehead atoms. The van der Waals surface area contributed by atoms with E-state index in [1.54, 1.807) is 12.1 Å². The number of thiazole rings is 1. The Kier molecular flexibility index (Phi) is 3.32. The number of carbonyl (C=O) groups is 1. The zero-order chi connectivity index (χ0) is 13.6. The van der Waals surface area contributed by atoms with Crippen LogP contribution >= 0.6 is 27.3 Å². The molecule has 0 saturated carbocycles. The molecule has 0 spiro atoms. The monoisotopic (exact) mass is 341 g/mol. The van der Waals surface area contributed by atoms with Gasteiger partial charge in [-0.25, -0.2) is 9.78 Å². The first-order valence-corrected chi connectivity index (χ1v) is 7.62. The third-order valence-corrected chi connectivity index (χ3v) is 4.97. The molecule has 100 valence electrons. The van der Waals surface area contributed by atoms with Crippen LogP contribution in [0.1, 0.15) is 35.2 Å². The molecule has 1 aliphatic rings. The number of carboxylic acid groups (broad SMARTS) is 1. The first-order chi connectivity index (χ1) is 9.06. The zero-order valence-electron chi connectivity index (χ0n) is 10.2. The molecule has 1 aromatic heterocycles. The van der Waals surface area contributed by atoms with Crippen molar-refractivity contribution in [3.8, 4) is 0 Å². The molecule has 2 heterocycles. The molecule has 19 heavy (non-hydrogen) atoms. The SMILES string of the molecule is CC1OCC[C@H]1c1cc(C(=O)O)cc2sc(Br)nc12. The second-order valence-electron chi connectivity index (χ2n) is 4.66. The van der Waals surface area contributed by atoms with Crippen LogP contribution in [0.15, 0.2) is 16.0 Å². The van der Waals surface area contributed by atoms with Crippen molar-refractivity contribution in [2.45, 2.75) is 25.4 Å². The molecule has 1 aliphatic heterocycles. The fourth-order valence-electron chi connectivity index (χ4n) is 2.57. The van der Waals surface area contributed by atoms with Gasteiger partial charge in [-0.1, -0.05) is 0 Å². The van der Waals surface area contributed by atoms with Gasteiger partial charge in [0.1, 0.15) is 0 Å². The van der Waals surface area contributed by atoms with Crippen LogP contribution in [-0.2, 0) is 4.74 Å². The second kappa shape index (κ2) is 4.85. The summed E-state index contributed by atoms with van der Waals surface area (Å²) in [5.74, 6) is -0.685. The highest BCUT2D eigenvalue weighted by molar-refractivity contribution is 9.11. The zero-order valence-corrected chi connectivity index (χ0v) is 12.6. The largest absolute Gasteiger partial charge is 0.478 e. The molecule has 2 aromatic rings. The van der Waals surface area contributed by atoms with Crippen molar-refractivity contribution in [1.29, 1.82) is 0 Å². The number of benzene rings is 1. The molecular formula is C13H12BrNO3S. The third-order valence-electron chi connectivity index (χ3n) is 3.52. The van der Waals surface area contributed by atoms with Gasteiger partial charge in [0.2, 0.25) is 0 Å². The van der Waals surface area contributed by atoms with Crippen molar-refractivity contribution in [1.82, 2.24) is 4.98 Å². The van der Waals surface area contributed by atoms with Crippen molar-refractivity contribution >= 4 is 43.5 Å². The Bertz CT molecular complexity index is 655. The lowest BCUT2D eigenvalue weighted by atomic mass is 9.91. The first-order valence-electron chi connectivity index (χ1n) is 6.01. The maximum atomic E-state index is 11.2. The molecule has 0 aliphatic carbocycles. The summed E-state index contributed by atoms with van der Waals surface area (Å²) in [5, 5.41) is 9.23. The number of carboxylic acids is 1. The van der Waals surface area contributed by atoms with E-state index >= 15 is 0 Å². The average molecular weight is 342 g/mol. The van der Waals surface area contributed by atoms with Gasteiger partial charge < -0.3 is 9.84 Å². The van der Waals surface area contributed by atoms with E-state index < -0.39 is 5.97 Å². The van der Waals surface area contributed by atoms with E-state index in [-0.39, 0.29) is 12.0 Å². The predicted octanol–water partition coefficient (Wildman–Crippen LogP) is 3.65. The molecular weight excluding hydrogens is 330 g/mol. The van der Waals surface area contributed by atoms with Gasteiger partial charge in [0.15, 0.2) is 3.92 Å². The lowest BCUT2D eigenvalue weighted by Gasteiger charge is -2.15. The standard InChI is InChI=1S/C13H12BrNO3S/c1-6-8(2-3-18-6)9-4-7(12(16)17)5-10-11(9)15-13(14)19-10/h4-6,8H,2-3H2,1H3,(H,16,17)/t6?,8-/m1/s1. The van der Waals surface area contributed by atoms with Crippen molar-refractivity contribution in [2.24, 2.45) is 0 Å². The number of nitrogens with zero attached hydrogens (tertiary/aromatic N) is 1. The van der Waals surface area contributed by atoms with E-state index in [4.69, 9.17) is 4.74 Å². The number of ether oxygens (including phenoxy) is 1. The first kappa shape index (κ1) is 13.0. The highest BCUT2D eigenvalue weighted by Crippen LogP contribution is 2.38. The minimum absolute atomic E-state index is 0.104. The predicted molar refractivity (Wildman–Crippen MR) is 77.1 cm³/mol. The fourth-order valence-corrected chi connectivity index (χ4v) is 4.04. The van der Waals surface area contributed by atoms with Gasteiger partial charge in [-0.15, -0.1) is 11.3 Å². The summed E-state index contributed by atoms with van der Waals surface area (Å²) in [6.07, 6.45) is 1.02. The highest BCUT2D eigenvalue weighted by atomic mass is 79.9. The minimum atomic E-state index is -0.903. The van der Waals surface area contributed by atoms with Crippen LogP contribution in [-0.4, -0.2) is 28.8 Å². The van der Waals surface area contributed by atoms with E-state index in [1.807, 2.05) is 6.92 Å². The van der Waals surface area contributed by atoms with Crippen LogP contribution in [0.3, 0.4) is 0 Å². The number of fused-ring (bicyclic) bond motifs is 1. The molecule has 3 rings (SSSR count). The van der Waals surface area contributed by atoms with Crippen LogP contribution in [0.2, 0.25) is 0 Å². The minimum Gasteiger partial charge on any atom is -0.478 e. The smallest absolute Gasteiger partial charge is 0.335 e. The van der Waals surface area contributed by atoms with Crippen LogP contribution in [0.25, 0.3) is 10.2 Å². The summed E-state index contributed by atoms with van der Waals surface area (Å²) >= 11 is 4.83. The Hall–Kier alpha value is -0.980. The molecule has 1 aromatic carbocycles. The van der Waals surface area contributed by atoms with Crippen LogP contribution in [0.5, 0.6) is 0 Å². The second-order valence-corrected chi connectivity index (χ2v) is 6.96. The summed E-state index contributed by atoms with van der Waals surface area (Å²) in [4.78, 5) is 15.7. The van der Waals surface area contributed by atoms with E-state index in [1.165, 1.54) is 11.3 Å². The third kappa shape index (κ3) is 2.28. The number of halogens is 1.